The summed E-state index contributed by atoms with van der Waals surface area (Å²) in [6, 6.07) is 6.03. The minimum atomic E-state index is -3.83. The van der Waals surface area contributed by atoms with E-state index in [1.165, 1.54) is 10.4 Å². The number of benzene rings is 1. The van der Waals surface area contributed by atoms with Gasteiger partial charge in [-0.3, -0.25) is 9.59 Å². The van der Waals surface area contributed by atoms with E-state index < -0.39 is 33.1 Å². The van der Waals surface area contributed by atoms with Crippen LogP contribution in [0.15, 0.2) is 40.8 Å². The van der Waals surface area contributed by atoms with Crippen LogP contribution in [0.5, 0.6) is 0 Å². The molecule has 1 aliphatic heterocycles. The molecule has 0 unspecified atom stereocenters. The normalized spacial score (nSPS) is 25.1. The molecule has 1 heterocycles. The van der Waals surface area contributed by atoms with Gasteiger partial charge in [0, 0.05) is 19.0 Å². The molecule has 29 heavy (non-hydrogen) atoms. The highest BCUT2D eigenvalue weighted by Crippen LogP contribution is 2.52. The van der Waals surface area contributed by atoms with Crippen molar-refractivity contribution in [1.82, 2.24) is 4.31 Å². The molecule has 1 aromatic rings. The number of carbonyl (C=O) groups is 2. The molecule has 1 aliphatic carbocycles. The van der Waals surface area contributed by atoms with Crippen LogP contribution in [0.1, 0.15) is 52.5 Å². The van der Waals surface area contributed by atoms with E-state index in [4.69, 9.17) is 4.74 Å². The number of hydrogen-bond donors (Lipinski definition) is 0. The van der Waals surface area contributed by atoms with E-state index in [9.17, 15) is 18.0 Å². The molecule has 7 heteroatoms. The molecule has 0 saturated carbocycles. The summed E-state index contributed by atoms with van der Waals surface area (Å²) in [5.41, 5.74) is -0.461. The average molecular weight is 420 g/mol. The van der Waals surface area contributed by atoms with Crippen LogP contribution in [0.25, 0.3) is 0 Å². The molecule has 0 spiro atoms. The second-order valence-corrected chi connectivity index (χ2v) is 10.8. The molecule has 1 saturated heterocycles. The zero-order valence-electron chi connectivity index (χ0n) is 17.7. The third-order valence-corrected chi connectivity index (χ3v) is 7.43. The van der Waals surface area contributed by atoms with Crippen LogP contribution in [-0.4, -0.2) is 42.7 Å². The van der Waals surface area contributed by atoms with Crippen molar-refractivity contribution in [2.45, 2.75) is 70.4 Å². The zero-order valence-corrected chi connectivity index (χ0v) is 18.5. The maximum atomic E-state index is 13.5. The monoisotopic (exact) mass is 419 g/mol. The Morgan fingerprint density at radius 2 is 1.86 bits per heavy atom. The van der Waals surface area contributed by atoms with Crippen LogP contribution >= 0.6 is 0 Å². The number of ketones is 1. The van der Waals surface area contributed by atoms with Gasteiger partial charge in [-0.2, -0.15) is 4.31 Å². The first-order valence-corrected chi connectivity index (χ1v) is 11.4. The highest BCUT2D eigenvalue weighted by molar-refractivity contribution is 7.89. The number of ether oxygens (including phenoxy) is 1. The van der Waals surface area contributed by atoms with Crippen LogP contribution in [0, 0.1) is 12.3 Å². The molecule has 3 rings (SSSR count). The third kappa shape index (κ3) is 3.78. The molecule has 0 radical (unpaired) electrons. The van der Waals surface area contributed by atoms with Crippen molar-refractivity contribution in [3.05, 3.63) is 41.5 Å². The SMILES string of the molecule is CCC[C@@H]1N(S(=O)(=O)c2ccc(C)cc2)CC2=CC(=O)C[C@@]21C(=O)OC(C)(C)C. The third-order valence-electron chi connectivity index (χ3n) is 5.56. The number of fused-ring (bicyclic) bond motifs is 1. The summed E-state index contributed by atoms with van der Waals surface area (Å²) in [4.78, 5) is 25.8. The molecule has 2 aliphatic rings. The Morgan fingerprint density at radius 3 is 2.41 bits per heavy atom. The van der Waals surface area contributed by atoms with Crippen LogP contribution in [0.3, 0.4) is 0 Å². The fraction of sp³-hybridized carbons (Fsp3) is 0.545. The molecule has 6 nitrogen and oxygen atoms in total. The molecule has 0 amide bonds. The summed E-state index contributed by atoms with van der Waals surface area (Å²) in [6.07, 6.45) is 2.55. The van der Waals surface area contributed by atoms with Crippen molar-refractivity contribution in [3.8, 4) is 0 Å². The number of rotatable bonds is 5. The van der Waals surface area contributed by atoms with E-state index >= 15 is 0 Å². The number of esters is 1. The lowest BCUT2D eigenvalue weighted by Gasteiger charge is -2.36. The van der Waals surface area contributed by atoms with Crippen LogP contribution in [-0.2, 0) is 24.3 Å². The average Bonchev–Trinajstić information content (AvgIpc) is 3.08. The number of sulfonamides is 1. The maximum Gasteiger partial charge on any atom is 0.318 e. The minimum absolute atomic E-state index is 0.0336. The van der Waals surface area contributed by atoms with Gasteiger partial charge >= 0.3 is 5.97 Å². The number of hydrogen-bond acceptors (Lipinski definition) is 5. The van der Waals surface area contributed by atoms with Gasteiger partial charge in [0.05, 0.1) is 4.90 Å². The zero-order chi connectivity index (χ0) is 21.6. The summed E-state index contributed by atoms with van der Waals surface area (Å²) in [7, 11) is -3.83. The largest absolute Gasteiger partial charge is 0.459 e. The summed E-state index contributed by atoms with van der Waals surface area (Å²) >= 11 is 0. The van der Waals surface area contributed by atoms with E-state index in [0.717, 1.165) is 5.56 Å². The molecule has 1 fully saturated rings. The van der Waals surface area contributed by atoms with Gasteiger partial charge in [0.1, 0.15) is 11.0 Å². The number of aryl methyl sites for hydroxylation is 1. The number of nitrogens with zero attached hydrogens (tertiary/aromatic N) is 1. The van der Waals surface area contributed by atoms with Crippen LogP contribution in [0.4, 0.5) is 0 Å². The lowest BCUT2D eigenvalue weighted by molar-refractivity contribution is -0.167. The summed E-state index contributed by atoms with van der Waals surface area (Å²) in [5.74, 6) is -0.665. The number of carbonyl (C=O) groups excluding carboxylic acids is 2. The van der Waals surface area contributed by atoms with Crippen LogP contribution < -0.4 is 0 Å². The van der Waals surface area contributed by atoms with Crippen molar-refractivity contribution in [2.75, 3.05) is 6.54 Å². The second kappa shape index (κ2) is 7.36. The Balaban J connectivity index is 2.09. The smallest absolute Gasteiger partial charge is 0.318 e. The summed E-state index contributed by atoms with van der Waals surface area (Å²) in [6.45, 7) is 9.18. The fourth-order valence-electron chi connectivity index (χ4n) is 4.28. The quantitative estimate of drug-likeness (QED) is 0.684. The van der Waals surface area contributed by atoms with Crippen molar-refractivity contribution >= 4 is 21.8 Å². The van der Waals surface area contributed by atoms with Gasteiger partial charge in [-0.25, -0.2) is 8.42 Å². The van der Waals surface area contributed by atoms with Gasteiger partial charge in [-0.05, 0) is 57.9 Å². The van der Waals surface area contributed by atoms with E-state index in [1.807, 2.05) is 13.8 Å². The predicted molar refractivity (Wildman–Crippen MR) is 110 cm³/mol. The van der Waals surface area contributed by atoms with Gasteiger partial charge in [-0.1, -0.05) is 31.0 Å². The minimum Gasteiger partial charge on any atom is -0.459 e. The molecule has 2 atom stereocenters. The highest BCUT2D eigenvalue weighted by Gasteiger charge is 2.62. The first kappa shape index (κ1) is 21.7. The first-order valence-electron chi connectivity index (χ1n) is 9.97. The van der Waals surface area contributed by atoms with E-state index in [2.05, 4.69) is 0 Å². The molecule has 0 aromatic heterocycles. The Hall–Kier alpha value is -1.99. The summed E-state index contributed by atoms with van der Waals surface area (Å²) < 4.78 is 34.0. The molecule has 0 bridgehead atoms. The Bertz CT molecular complexity index is 956. The van der Waals surface area contributed by atoms with Crippen molar-refractivity contribution in [2.24, 2.45) is 5.41 Å². The van der Waals surface area contributed by atoms with E-state index in [0.29, 0.717) is 18.4 Å². The maximum absolute atomic E-state index is 13.5. The first-order chi connectivity index (χ1) is 13.4. The molecule has 158 valence electrons. The number of allylic oxidation sites excluding steroid dienone is 1. The van der Waals surface area contributed by atoms with E-state index in [1.54, 1.807) is 45.0 Å². The van der Waals surface area contributed by atoms with E-state index in [-0.39, 0.29) is 23.6 Å². The van der Waals surface area contributed by atoms with Crippen molar-refractivity contribution in [1.29, 1.82) is 0 Å². The predicted octanol–water partition coefficient (Wildman–Crippen LogP) is 3.40. The molecular weight excluding hydrogens is 390 g/mol. The van der Waals surface area contributed by atoms with Gasteiger partial charge in [0.25, 0.3) is 0 Å². The second-order valence-electron chi connectivity index (χ2n) is 8.95. The standard InChI is InChI=1S/C22H29NO5S/c1-6-7-19-22(20(25)28-21(3,4)5)13-17(24)12-16(22)14-23(19)29(26,27)18-10-8-15(2)9-11-18/h8-12,19H,6-7,13-14H2,1-5H3/t19-,22+/m0/s1. The Labute approximate surface area is 173 Å². The lowest BCUT2D eigenvalue weighted by atomic mass is 9.75. The van der Waals surface area contributed by atoms with Gasteiger partial charge < -0.3 is 4.74 Å². The molecule has 0 N–H and O–H groups in total. The van der Waals surface area contributed by atoms with Crippen molar-refractivity contribution in [3.63, 3.8) is 0 Å². The lowest BCUT2D eigenvalue weighted by Crippen LogP contribution is -2.49. The van der Waals surface area contributed by atoms with Gasteiger partial charge in [0.2, 0.25) is 10.0 Å². The topological polar surface area (TPSA) is 80.8 Å². The van der Waals surface area contributed by atoms with Crippen LogP contribution in [0.2, 0.25) is 0 Å². The highest BCUT2D eigenvalue weighted by atomic mass is 32.2. The fourth-order valence-corrected chi connectivity index (χ4v) is 5.96. The van der Waals surface area contributed by atoms with Crippen molar-refractivity contribution < 1.29 is 22.7 Å². The van der Waals surface area contributed by atoms with Gasteiger partial charge in [-0.15, -0.1) is 0 Å². The molecule has 1 aromatic carbocycles. The summed E-state index contributed by atoms with van der Waals surface area (Å²) in [5, 5.41) is 0. The van der Waals surface area contributed by atoms with Gasteiger partial charge in [0.15, 0.2) is 5.78 Å². The Kier molecular flexibility index (Phi) is 5.51. The molecular formula is C22H29NO5S. The Morgan fingerprint density at radius 1 is 1.24 bits per heavy atom.